The average Bonchev–Trinajstić information content (AvgIpc) is 2.46. The maximum atomic E-state index is 7.65. The molecule has 60 valence electrons. The van der Waals surface area contributed by atoms with Crippen LogP contribution < -0.4 is 4.80 Å². The van der Waals surface area contributed by atoms with Gasteiger partial charge in [0.05, 0.1) is 0 Å². The summed E-state index contributed by atoms with van der Waals surface area (Å²) in [6.45, 7) is 3.08. The molecule has 0 amide bonds. The number of aromatic nitrogens is 1. The van der Waals surface area contributed by atoms with Crippen molar-refractivity contribution in [2.24, 2.45) is 0 Å². The number of nitrogens with zero attached hydrogens (tertiary/aromatic N) is 1. The van der Waals surface area contributed by atoms with E-state index in [1.807, 2.05) is 0 Å². The van der Waals surface area contributed by atoms with Crippen LogP contribution in [0.2, 0.25) is 0 Å². The van der Waals surface area contributed by atoms with E-state index in [4.69, 9.17) is 5.41 Å². The molecule has 0 saturated heterocycles. The standard InChI is InChI=1S/C8H12N2S/c1-2-10-6-4-3-5-7(6)11-8(10)9/h9H,2-5H2,1H3. The van der Waals surface area contributed by atoms with Crippen LogP contribution in [-0.2, 0) is 19.4 Å². The fourth-order valence-corrected chi connectivity index (χ4v) is 2.88. The van der Waals surface area contributed by atoms with Crippen LogP contribution in [0.25, 0.3) is 0 Å². The largest absolute Gasteiger partial charge is 0.321 e. The van der Waals surface area contributed by atoms with E-state index in [1.54, 1.807) is 11.3 Å². The third kappa shape index (κ3) is 0.948. The smallest absolute Gasteiger partial charge is 0.182 e. The molecule has 0 fully saturated rings. The highest BCUT2D eigenvalue weighted by Gasteiger charge is 2.16. The van der Waals surface area contributed by atoms with E-state index < -0.39 is 0 Å². The Morgan fingerprint density at radius 1 is 1.55 bits per heavy atom. The summed E-state index contributed by atoms with van der Waals surface area (Å²) in [5.41, 5.74) is 1.43. The third-order valence-electron chi connectivity index (χ3n) is 2.25. The number of hydrogen-bond acceptors (Lipinski definition) is 2. The van der Waals surface area contributed by atoms with E-state index in [9.17, 15) is 0 Å². The Hall–Kier alpha value is -0.570. The molecular formula is C8H12N2S. The van der Waals surface area contributed by atoms with Crippen LogP contribution >= 0.6 is 11.3 Å². The van der Waals surface area contributed by atoms with Crippen LogP contribution in [0.1, 0.15) is 23.9 Å². The molecule has 0 saturated carbocycles. The lowest BCUT2D eigenvalue weighted by Gasteiger charge is -2.00. The number of thiazole rings is 1. The van der Waals surface area contributed by atoms with Gasteiger partial charge in [0.25, 0.3) is 0 Å². The van der Waals surface area contributed by atoms with Gasteiger partial charge in [-0.25, -0.2) is 0 Å². The zero-order valence-electron chi connectivity index (χ0n) is 6.68. The van der Waals surface area contributed by atoms with Gasteiger partial charge >= 0.3 is 0 Å². The van der Waals surface area contributed by atoms with E-state index in [1.165, 1.54) is 29.8 Å². The first-order valence-electron chi connectivity index (χ1n) is 4.09. The summed E-state index contributed by atoms with van der Waals surface area (Å²) in [6.07, 6.45) is 3.69. The van der Waals surface area contributed by atoms with Gasteiger partial charge in [0.15, 0.2) is 4.80 Å². The van der Waals surface area contributed by atoms with Gasteiger partial charge in [-0.15, -0.1) is 11.3 Å². The highest BCUT2D eigenvalue weighted by atomic mass is 32.1. The normalized spacial score (nSPS) is 15.4. The molecule has 11 heavy (non-hydrogen) atoms. The SMILES string of the molecule is CCn1c2c(sc1=N)CCC2. The van der Waals surface area contributed by atoms with Crippen molar-refractivity contribution in [2.45, 2.75) is 32.7 Å². The molecule has 0 atom stereocenters. The second-order valence-electron chi connectivity index (χ2n) is 2.87. The number of nitrogens with one attached hydrogen (secondary N) is 1. The van der Waals surface area contributed by atoms with Gasteiger partial charge in [0.1, 0.15) is 0 Å². The summed E-state index contributed by atoms with van der Waals surface area (Å²) in [7, 11) is 0. The zero-order chi connectivity index (χ0) is 7.84. The quantitative estimate of drug-likeness (QED) is 0.659. The van der Waals surface area contributed by atoms with Gasteiger partial charge < -0.3 is 4.57 Å². The van der Waals surface area contributed by atoms with Crippen molar-refractivity contribution in [1.29, 1.82) is 5.41 Å². The monoisotopic (exact) mass is 168 g/mol. The van der Waals surface area contributed by atoms with Gasteiger partial charge in [0, 0.05) is 17.1 Å². The fraction of sp³-hybridized carbons (Fsp3) is 0.625. The number of aryl methyl sites for hydroxylation is 1. The van der Waals surface area contributed by atoms with Crippen molar-refractivity contribution in [1.82, 2.24) is 4.57 Å². The van der Waals surface area contributed by atoms with Crippen molar-refractivity contribution >= 4 is 11.3 Å². The van der Waals surface area contributed by atoms with E-state index in [0.29, 0.717) is 0 Å². The van der Waals surface area contributed by atoms with Gasteiger partial charge in [-0.3, -0.25) is 5.41 Å². The number of hydrogen-bond donors (Lipinski definition) is 1. The van der Waals surface area contributed by atoms with Crippen LogP contribution in [0, 0.1) is 5.41 Å². The van der Waals surface area contributed by atoms with Crippen molar-refractivity contribution in [3.05, 3.63) is 15.4 Å². The highest BCUT2D eigenvalue weighted by molar-refractivity contribution is 7.09. The molecule has 1 aliphatic rings. The first-order valence-corrected chi connectivity index (χ1v) is 4.90. The minimum Gasteiger partial charge on any atom is -0.321 e. The minimum atomic E-state index is 0.734. The van der Waals surface area contributed by atoms with Crippen LogP contribution in [0.5, 0.6) is 0 Å². The zero-order valence-corrected chi connectivity index (χ0v) is 7.50. The molecular weight excluding hydrogens is 156 g/mol. The summed E-state index contributed by atoms with van der Waals surface area (Å²) in [4.78, 5) is 2.19. The molecule has 0 spiro atoms. The molecule has 0 unspecified atom stereocenters. The predicted molar refractivity (Wildman–Crippen MR) is 45.9 cm³/mol. The molecule has 0 radical (unpaired) electrons. The van der Waals surface area contributed by atoms with E-state index in [2.05, 4.69) is 11.5 Å². The molecule has 3 heteroatoms. The Balaban J connectivity index is 2.61. The second-order valence-corrected chi connectivity index (χ2v) is 3.96. The summed E-state index contributed by atoms with van der Waals surface area (Å²) in [6, 6.07) is 0. The van der Waals surface area contributed by atoms with E-state index >= 15 is 0 Å². The van der Waals surface area contributed by atoms with Crippen LogP contribution in [-0.4, -0.2) is 4.57 Å². The Kier molecular flexibility index (Phi) is 1.60. The van der Waals surface area contributed by atoms with Gasteiger partial charge in [-0.1, -0.05) is 0 Å². The second kappa shape index (κ2) is 2.48. The molecule has 1 aromatic rings. The van der Waals surface area contributed by atoms with E-state index in [-0.39, 0.29) is 0 Å². The van der Waals surface area contributed by atoms with Gasteiger partial charge in [-0.2, -0.15) is 0 Å². The summed E-state index contributed by atoms with van der Waals surface area (Å²) in [5, 5.41) is 7.65. The average molecular weight is 168 g/mol. The minimum absolute atomic E-state index is 0.734. The van der Waals surface area contributed by atoms with Crippen LogP contribution in [0.4, 0.5) is 0 Å². The van der Waals surface area contributed by atoms with Gasteiger partial charge in [0.2, 0.25) is 0 Å². The highest BCUT2D eigenvalue weighted by Crippen LogP contribution is 2.23. The molecule has 0 aromatic carbocycles. The first-order chi connectivity index (χ1) is 5.33. The predicted octanol–water partition coefficient (Wildman–Crippen LogP) is 1.54. The van der Waals surface area contributed by atoms with Crippen molar-refractivity contribution < 1.29 is 0 Å². The van der Waals surface area contributed by atoms with Gasteiger partial charge in [-0.05, 0) is 26.2 Å². The molecule has 1 aliphatic carbocycles. The Morgan fingerprint density at radius 3 is 3.09 bits per heavy atom. The summed E-state index contributed by atoms with van der Waals surface area (Å²) < 4.78 is 2.13. The first kappa shape index (κ1) is 7.10. The Bertz CT molecular complexity index is 321. The maximum absolute atomic E-state index is 7.65. The molecule has 0 aliphatic heterocycles. The lowest BCUT2D eigenvalue weighted by molar-refractivity contribution is 0.682. The molecule has 1 aromatic heterocycles. The van der Waals surface area contributed by atoms with Crippen LogP contribution in [0.3, 0.4) is 0 Å². The van der Waals surface area contributed by atoms with Crippen molar-refractivity contribution in [2.75, 3.05) is 0 Å². The lowest BCUT2D eigenvalue weighted by atomic mass is 10.3. The van der Waals surface area contributed by atoms with Crippen molar-refractivity contribution in [3.63, 3.8) is 0 Å². The molecule has 0 bridgehead atoms. The number of rotatable bonds is 1. The topological polar surface area (TPSA) is 28.8 Å². The third-order valence-corrected chi connectivity index (χ3v) is 3.35. The Labute approximate surface area is 70.0 Å². The van der Waals surface area contributed by atoms with Crippen molar-refractivity contribution in [3.8, 4) is 0 Å². The molecule has 2 nitrogen and oxygen atoms in total. The van der Waals surface area contributed by atoms with E-state index in [0.717, 1.165) is 11.3 Å². The fourth-order valence-electron chi connectivity index (χ4n) is 1.72. The molecule has 1 N–H and O–H groups in total. The maximum Gasteiger partial charge on any atom is 0.182 e. The summed E-state index contributed by atoms with van der Waals surface area (Å²) >= 11 is 1.66. The Morgan fingerprint density at radius 2 is 2.36 bits per heavy atom. The lowest BCUT2D eigenvalue weighted by Crippen LogP contribution is -2.13. The van der Waals surface area contributed by atoms with Crippen LogP contribution in [0.15, 0.2) is 0 Å². The number of fused-ring (bicyclic) bond motifs is 1. The summed E-state index contributed by atoms with van der Waals surface area (Å²) in [5.74, 6) is 0. The molecule has 1 heterocycles. The molecule has 2 rings (SSSR count).